The lowest BCUT2D eigenvalue weighted by molar-refractivity contribution is 0.606. The minimum absolute atomic E-state index is 0.107. The van der Waals surface area contributed by atoms with Gasteiger partial charge in [-0.2, -0.15) is 0 Å². The van der Waals surface area contributed by atoms with Crippen molar-refractivity contribution < 1.29 is 0 Å². The molecule has 2 heterocycles. The summed E-state index contributed by atoms with van der Waals surface area (Å²) in [6, 6.07) is 4.12. The summed E-state index contributed by atoms with van der Waals surface area (Å²) in [6.07, 6.45) is 1.08. The van der Waals surface area contributed by atoms with Gasteiger partial charge in [-0.3, -0.25) is 0 Å². The number of hydrogen-bond donors (Lipinski definition) is 1. The molecular formula is C12H12BrCl2NS2. The zero-order valence-corrected chi connectivity index (χ0v) is 14.4. The summed E-state index contributed by atoms with van der Waals surface area (Å²) in [5.74, 6) is 0. The van der Waals surface area contributed by atoms with Crippen molar-refractivity contribution in [2.75, 3.05) is 6.54 Å². The number of nitrogens with one attached hydrogen (secondary N) is 1. The molecule has 6 heteroatoms. The van der Waals surface area contributed by atoms with Gasteiger partial charge in [0.1, 0.15) is 0 Å². The predicted molar refractivity (Wildman–Crippen MR) is 86.5 cm³/mol. The van der Waals surface area contributed by atoms with Gasteiger partial charge in [0.2, 0.25) is 0 Å². The van der Waals surface area contributed by atoms with Gasteiger partial charge in [-0.15, -0.1) is 22.7 Å². The predicted octanol–water partition coefficient (Wildman–Crippen LogP) is 5.97. The minimum atomic E-state index is 0.107. The average molecular weight is 385 g/mol. The third kappa shape index (κ3) is 3.30. The van der Waals surface area contributed by atoms with Crippen LogP contribution in [0.2, 0.25) is 8.67 Å². The van der Waals surface area contributed by atoms with Crippen LogP contribution in [0, 0.1) is 0 Å². The van der Waals surface area contributed by atoms with Gasteiger partial charge in [-0.25, -0.2) is 0 Å². The summed E-state index contributed by atoms with van der Waals surface area (Å²) in [5.41, 5.74) is 1.06. The van der Waals surface area contributed by atoms with Crippen LogP contribution in [0.1, 0.15) is 29.8 Å². The summed E-state index contributed by atoms with van der Waals surface area (Å²) in [4.78, 5) is 1.24. The van der Waals surface area contributed by atoms with Gasteiger partial charge in [0, 0.05) is 14.9 Å². The Morgan fingerprint density at radius 2 is 2.22 bits per heavy atom. The highest BCUT2D eigenvalue weighted by atomic mass is 79.9. The molecule has 0 radical (unpaired) electrons. The fraction of sp³-hybridized carbons (Fsp3) is 0.333. The van der Waals surface area contributed by atoms with Crippen LogP contribution in [0.5, 0.6) is 0 Å². The number of rotatable bonds is 5. The summed E-state index contributed by atoms with van der Waals surface area (Å²) < 4.78 is 2.60. The molecule has 1 nitrogen and oxygen atoms in total. The molecule has 2 aromatic heterocycles. The van der Waals surface area contributed by atoms with E-state index in [-0.39, 0.29) is 6.04 Å². The molecule has 18 heavy (non-hydrogen) atoms. The van der Waals surface area contributed by atoms with Crippen LogP contribution in [0.3, 0.4) is 0 Å². The molecule has 0 bridgehead atoms. The van der Waals surface area contributed by atoms with Gasteiger partial charge in [0.25, 0.3) is 0 Å². The third-order valence-electron chi connectivity index (χ3n) is 2.50. The monoisotopic (exact) mass is 383 g/mol. The van der Waals surface area contributed by atoms with E-state index in [9.17, 15) is 0 Å². The van der Waals surface area contributed by atoms with E-state index in [1.165, 1.54) is 16.2 Å². The first kappa shape index (κ1) is 14.8. The summed E-state index contributed by atoms with van der Waals surface area (Å²) in [5, 5.41) is 5.60. The van der Waals surface area contributed by atoms with Crippen molar-refractivity contribution in [2.24, 2.45) is 0 Å². The molecule has 0 aliphatic heterocycles. The van der Waals surface area contributed by atoms with E-state index in [2.05, 4.69) is 39.6 Å². The Hall–Kier alpha value is 0.420. The van der Waals surface area contributed by atoms with E-state index in [1.54, 1.807) is 11.3 Å². The van der Waals surface area contributed by atoms with E-state index in [0.29, 0.717) is 0 Å². The Kier molecular flexibility index (Phi) is 5.54. The molecule has 0 aliphatic rings. The van der Waals surface area contributed by atoms with Gasteiger partial charge >= 0.3 is 0 Å². The molecule has 0 spiro atoms. The zero-order chi connectivity index (χ0) is 13.1. The quantitative estimate of drug-likeness (QED) is 0.669. The highest BCUT2D eigenvalue weighted by Gasteiger charge is 2.22. The maximum atomic E-state index is 6.27. The van der Waals surface area contributed by atoms with Crippen molar-refractivity contribution in [3.05, 3.63) is 41.1 Å². The SMILES string of the molecule is CCCNC(c1cc(Cl)sc1Cl)c1sccc1Br. The molecule has 0 saturated heterocycles. The van der Waals surface area contributed by atoms with E-state index in [0.717, 1.165) is 31.7 Å². The first-order valence-corrected chi connectivity index (χ1v) is 8.79. The largest absolute Gasteiger partial charge is 0.305 e. The normalized spacial score (nSPS) is 12.9. The Morgan fingerprint density at radius 3 is 2.72 bits per heavy atom. The van der Waals surface area contributed by atoms with Gasteiger partial charge in [0.15, 0.2) is 0 Å². The first-order chi connectivity index (χ1) is 8.63. The highest BCUT2D eigenvalue weighted by Crippen LogP contribution is 2.40. The lowest BCUT2D eigenvalue weighted by Crippen LogP contribution is -2.22. The number of halogens is 3. The molecule has 0 fully saturated rings. The molecule has 98 valence electrons. The summed E-state index contributed by atoms with van der Waals surface area (Å²) in [7, 11) is 0. The second kappa shape index (κ2) is 6.73. The summed E-state index contributed by atoms with van der Waals surface area (Å²) in [6.45, 7) is 3.09. The van der Waals surface area contributed by atoms with Crippen molar-refractivity contribution in [1.82, 2.24) is 5.32 Å². The van der Waals surface area contributed by atoms with Gasteiger partial charge in [-0.1, -0.05) is 30.1 Å². The fourth-order valence-electron chi connectivity index (χ4n) is 1.69. The Labute approximate surface area is 133 Å². The van der Waals surface area contributed by atoms with Crippen molar-refractivity contribution >= 4 is 61.8 Å². The molecule has 0 amide bonds. The van der Waals surface area contributed by atoms with E-state index >= 15 is 0 Å². The molecule has 2 rings (SSSR count). The van der Waals surface area contributed by atoms with Crippen LogP contribution < -0.4 is 5.32 Å². The lowest BCUT2D eigenvalue weighted by Gasteiger charge is -2.17. The van der Waals surface area contributed by atoms with E-state index in [1.807, 2.05) is 6.07 Å². The van der Waals surface area contributed by atoms with Crippen molar-refractivity contribution in [3.63, 3.8) is 0 Å². The maximum Gasteiger partial charge on any atom is 0.0995 e. The van der Waals surface area contributed by atoms with E-state index < -0.39 is 0 Å². The zero-order valence-electron chi connectivity index (χ0n) is 9.67. The van der Waals surface area contributed by atoms with Crippen LogP contribution in [-0.4, -0.2) is 6.54 Å². The standard InChI is InChI=1S/C12H12BrCl2NS2/c1-2-4-16-10(11-8(13)3-5-17-11)7-6-9(14)18-12(7)15/h3,5-6,10,16H,2,4H2,1H3. The highest BCUT2D eigenvalue weighted by molar-refractivity contribution is 9.10. The van der Waals surface area contributed by atoms with Gasteiger partial charge < -0.3 is 5.32 Å². The van der Waals surface area contributed by atoms with Crippen molar-refractivity contribution in [1.29, 1.82) is 0 Å². The minimum Gasteiger partial charge on any atom is -0.305 e. The topological polar surface area (TPSA) is 12.0 Å². The molecule has 0 aliphatic carbocycles. The lowest BCUT2D eigenvalue weighted by atomic mass is 10.1. The second-order valence-corrected chi connectivity index (χ2v) is 7.89. The van der Waals surface area contributed by atoms with E-state index in [4.69, 9.17) is 23.2 Å². The maximum absolute atomic E-state index is 6.27. The second-order valence-electron chi connectivity index (χ2n) is 3.80. The Bertz CT molecular complexity index is 524. The Morgan fingerprint density at radius 1 is 1.44 bits per heavy atom. The molecule has 1 atom stereocenters. The first-order valence-electron chi connectivity index (χ1n) is 5.54. The van der Waals surface area contributed by atoms with Crippen LogP contribution in [0.15, 0.2) is 22.0 Å². The van der Waals surface area contributed by atoms with Crippen LogP contribution in [0.25, 0.3) is 0 Å². The van der Waals surface area contributed by atoms with Crippen LogP contribution in [-0.2, 0) is 0 Å². The molecular weight excluding hydrogens is 373 g/mol. The number of hydrogen-bond acceptors (Lipinski definition) is 3. The van der Waals surface area contributed by atoms with Gasteiger partial charge in [-0.05, 0) is 46.4 Å². The molecule has 1 N–H and O–H groups in total. The van der Waals surface area contributed by atoms with Crippen LogP contribution in [0.4, 0.5) is 0 Å². The smallest absolute Gasteiger partial charge is 0.0995 e. The number of thiophene rings is 2. The van der Waals surface area contributed by atoms with Gasteiger partial charge in [0.05, 0.1) is 14.7 Å². The molecule has 0 saturated carbocycles. The molecule has 0 aromatic carbocycles. The average Bonchev–Trinajstić information content (AvgIpc) is 2.87. The van der Waals surface area contributed by atoms with Crippen molar-refractivity contribution in [2.45, 2.75) is 19.4 Å². The third-order valence-corrected chi connectivity index (χ3v) is 5.95. The van der Waals surface area contributed by atoms with Crippen molar-refractivity contribution in [3.8, 4) is 0 Å². The van der Waals surface area contributed by atoms with Crippen LogP contribution >= 0.6 is 61.8 Å². The summed E-state index contributed by atoms with van der Waals surface area (Å²) >= 11 is 19.0. The molecule has 1 unspecified atom stereocenters. The molecule has 2 aromatic rings. The fourth-order valence-corrected chi connectivity index (χ4v) is 4.92. The Balaban J connectivity index is 2.37.